The molecule has 0 saturated heterocycles. The number of hydrogen-bond donors (Lipinski definition) is 1. The lowest BCUT2D eigenvalue weighted by Gasteiger charge is -2.51. The van der Waals surface area contributed by atoms with Crippen LogP contribution in [0.2, 0.25) is 0 Å². The maximum Gasteiger partial charge on any atom is 0.129 e. The van der Waals surface area contributed by atoms with Crippen molar-refractivity contribution in [2.75, 3.05) is 7.11 Å². The number of phenols is 1. The fraction of sp³-hybridized carbons (Fsp3) is 0.579. The largest absolute Gasteiger partial charge is 0.507 e. The molecule has 0 aliphatic heterocycles. The van der Waals surface area contributed by atoms with Crippen molar-refractivity contribution >= 4 is 28.4 Å². The van der Waals surface area contributed by atoms with Crippen molar-refractivity contribution in [3.05, 3.63) is 32.4 Å². The lowest BCUT2D eigenvalue weighted by atomic mass is 9.54. The Kier molecular flexibility index (Phi) is 3.67. The van der Waals surface area contributed by atoms with Crippen LogP contribution in [0.15, 0.2) is 17.7 Å². The van der Waals surface area contributed by atoms with E-state index in [0.717, 1.165) is 32.3 Å². The summed E-state index contributed by atoms with van der Waals surface area (Å²) >= 11 is 2.25. The standard InChI is InChI=1S/C19H23IO2/c1-10-3-15(18(20)16(21)4-10)19(22-2)17-13-6-11-5-12(8-13)9-14(17)7-11/h3-4,11-14,21H,5-9H2,1-2H3. The van der Waals surface area contributed by atoms with E-state index in [0.29, 0.717) is 17.6 Å². The topological polar surface area (TPSA) is 29.5 Å². The maximum absolute atomic E-state index is 10.2. The van der Waals surface area contributed by atoms with Crippen molar-refractivity contribution < 1.29 is 9.84 Å². The Bertz CT molecular complexity index is 617. The van der Waals surface area contributed by atoms with E-state index in [2.05, 4.69) is 28.7 Å². The molecule has 0 amide bonds. The van der Waals surface area contributed by atoms with Gasteiger partial charge in [0, 0.05) is 5.56 Å². The number of ether oxygens (including phenoxy) is 1. The first-order valence-corrected chi connectivity index (χ1v) is 9.42. The second-order valence-electron chi connectivity index (χ2n) is 7.44. The third-order valence-corrected chi connectivity index (χ3v) is 7.06. The smallest absolute Gasteiger partial charge is 0.129 e. The van der Waals surface area contributed by atoms with Gasteiger partial charge in [0.2, 0.25) is 0 Å². The van der Waals surface area contributed by atoms with Crippen molar-refractivity contribution in [2.24, 2.45) is 23.7 Å². The molecule has 22 heavy (non-hydrogen) atoms. The van der Waals surface area contributed by atoms with Gasteiger partial charge in [-0.1, -0.05) is 0 Å². The van der Waals surface area contributed by atoms with Gasteiger partial charge in [-0.15, -0.1) is 0 Å². The van der Waals surface area contributed by atoms with Gasteiger partial charge in [-0.2, -0.15) is 0 Å². The number of halogens is 1. The summed E-state index contributed by atoms with van der Waals surface area (Å²) in [5.74, 6) is 4.75. The molecule has 0 unspecified atom stereocenters. The Morgan fingerprint density at radius 1 is 1.09 bits per heavy atom. The summed E-state index contributed by atoms with van der Waals surface area (Å²) in [5, 5.41) is 10.2. The molecule has 3 heteroatoms. The number of hydrogen-bond acceptors (Lipinski definition) is 2. The summed E-state index contributed by atoms with van der Waals surface area (Å²) in [4.78, 5) is 0. The molecule has 0 heterocycles. The molecule has 118 valence electrons. The van der Waals surface area contributed by atoms with E-state index in [4.69, 9.17) is 4.74 Å². The monoisotopic (exact) mass is 410 g/mol. The molecule has 4 aliphatic rings. The third-order valence-electron chi connectivity index (χ3n) is 5.93. The normalized spacial score (nSPS) is 32.4. The van der Waals surface area contributed by atoms with Crippen LogP contribution in [0.1, 0.15) is 43.2 Å². The average Bonchev–Trinajstić information content (AvgIpc) is 2.46. The van der Waals surface area contributed by atoms with E-state index in [9.17, 15) is 5.11 Å². The molecule has 5 rings (SSSR count). The van der Waals surface area contributed by atoms with Gasteiger partial charge in [-0.3, -0.25) is 0 Å². The SMILES string of the molecule is COC(=C1C2CC3CC(C2)CC1C3)c1cc(C)cc(O)c1I. The molecule has 4 saturated carbocycles. The van der Waals surface area contributed by atoms with Crippen molar-refractivity contribution in [3.63, 3.8) is 0 Å². The number of phenolic OH excluding ortho intramolecular Hbond substituents is 1. The second kappa shape index (κ2) is 5.43. The van der Waals surface area contributed by atoms with E-state index in [-0.39, 0.29) is 0 Å². The molecular formula is C19H23IO2. The van der Waals surface area contributed by atoms with Crippen LogP contribution in [0.3, 0.4) is 0 Å². The zero-order valence-electron chi connectivity index (χ0n) is 13.2. The van der Waals surface area contributed by atoms with Gasteiger partial charge in [-0.25, -0.2) is 0 Å². The number of allylic oxidation sites excluding steroid dienone is 1. The van der Waals surface area contributed by atoms with Crippen molar-refractivity contribution in [2.45, 2.75) is 39.0 Å². The van der Waals surface area contributed by atoms with Crippen LogP contribution in [-0.4, -0.2) is 12.2 Å². The summed E-state index contributed by atoms with van der Waals surface area (Å²) in [6.07, 6.45) is 6.87. The fourth-order valence-corrected chi connectivity index (χ4v) is 5.92. The van der Waals surface area contributed by atoms with E-state index >= 15 is 0 Å². The van der Waals surface area contributed by atoms with Crippen LogP contribution in [0.5, 0.6) is 5.75 Å². The molecule has 0 atom stereocenters. The van der Waals surface area contributed by atoms with Gasteiger partial charge in [0.15, 0.2) is 0 Å². The Hall–Kier alpha value is -0.710. The highest BCUT2D eigenvalue weighted by atomic mass is 127. The predicted molar refractivity (Wildman–Crippen MR) is 96.5 cm³/mol. The van der Waals surface area contributed by atoms with E-state index in [1.165, 1.54) is 32.1 Å². The first kappa shape index (κ1) is 14.9. The van der Waals surface area contributed by atoms with Crippen LogP contribution >= 0.6 is 22.6 Å². The van der Waals surface area contributed by atoms with Crippen molar-refractivity contribution in [1.29, 1.82) is 0 Å². The number of rotatable bonds is 2. The van der Waals surface area contributed by atoms with Gasteiger partial charge in [0.1, 0.15) is 11.5 Å². The quantitative estimate of drug-likeness (QED) is 0.542. The number of methoxy groups -OCH3 is 1. The first-order chi connectivity index (χ1) is 10.6. The Labute approximate surface area is 146 Å². The Morgan fingerprint density at radius 3 is 2.23 bits per heavy atom. The minimum absolute atomic E-state index is 0.370. The highest BCUT2D eigenvalue weighted by Crippen LogP contribution is 2.58. The van der Waals surface area contributed by atoms with Crippen LogP contribution < -0.4 is 0 Å². The van der Waals surface area contributed by atoms with Crippen LogP contribution in [0, 0.1) is 34.2 Å². The minimum atomic E-state index is 0.370. The average molecular weight is 410 g/mol. The molecule has 1 aromatic carbocycles. The molecule has 2 nitrogen and oxygen atoms in total. The Balaban J connectivity index is 1.85. The summed E-state index contributed by atoms with van der Waals surface area (Å²) < 4.78 is 6.83. The van der Waals surface area contributed by atoms with E-state index < -0.39 is 0 Å². The second-order valence-corrected chi connectivity index (χ2v) is 8.52. The van der Waals surface area contributed by atoms with Crippen LogP contribution in [0.4, 0.5) is 0 Å². The number of aryl methyl sites for hydroxylation is 1. The van der Waals surface area contributed by atoms with Crippen molar-refractivity contribution in [1.82, 2.24) is 0 Å². The summed E-state index contributed by atoms with van der Waals surface area (Å²) in [7, 11) is 1.79. The van der Waals surface area contributed by atoms with Crippen molar-refractivity contribution in [3.8, 4) is 5.75 Å². The molecule has 4 bridgehead atoms. The van der Waals surface area contributed by atoms with Crippen LogP contribution in [-0.2, 0) is 4.74 Å². The zero-order valence-corrected chi connectivity index (χ0v) is 15.4. The molecule has 0 aromatic heterocycles. The van der Waals surface area contributed by atoms with Gasteiger partial charge in [0.05, 0.1) is 10.7 Å². The van der Waals surface area contributed by atoms with E-state index in [1.54, 1.807) is 12.7 Å². The van der Waals surface area contributed by atoms with Gasteiger partial charge in [0.25, 0.3) is 0 Å². The lowest BCUT2D eigenvalue weighted by molar-refractivity contribution is 0.0675. The molecule has 1 aromatic rings. The number of aromatic hydroxyl groups is 1. The summed E-state index contributed by atoms with van der Waals surface area (Å²) in [6.45, 7) is 2.04. The predicted octanol–water partition coefficient (Wildman–Crippen LogP) is 5.12. The highest BCUT2D eigenvalue weighted by Gasteiger charge is 2.46. The molecule has 1 N–H and O–H groups in total. The lowest BCUT2D eigenvalue weighted by Crippen LogP contribution is -2.41. The molecular weight excluding hydrogens is 387 g/mol. The van der Waals surface area contributed by atoms with Gasteiger partial charge >= 0.3 is 0 Å². The summed E-state index contributed by atoms with van der Waals surface area (Å²) in [6, 6.07) is 4.00. The number of benzene rings is 1. The first-order valence-electron chi connectivity index (χ1n) is 8.34. The molecule has 0 spiro atoms. The maximum atomic E-state index is 10.2. The Morgan fingerprint density at radius 2 is 1.68 bits per heavy atom. The minimum Gasteiger partial charge on any atom is -0.507 e. The third kappa shape index (κ3) is 2.27. The van der Waals surface area contributed by atoms with Crippen LogP contribution in [0.25, 0.3) is 5.76 Å². The molecule has 4 fully saturated rings. The molecule has 0 radical (unpaired) electrons. The summed E-state index contributed by atoms with van der Waals surface area (Å²) in [5.41, 5.74) is 3.73. The van der Waals surface area contributed by atoms with Gasteiger partial charge in [-0.05, 0) is 109 Å². The highest BCUT2D eigenvalue weighted by molar-refractivity contribution is 14.1. The fourth-order valence-electron chi connectivity index (χ4n) is 5.36. The molecule has 4 aliphatic carbocycles. The van der Waals surface area contributed by atoms with Gasteiger partial charge < -0.3 is 9.84 Å². The van der Waals surface area contributed by atoms with E-state index in [1.807, 2.05) is 13.0 Å². The zero-order chi connectivity index (χ0) is 15.4.